The zero-order chi connectivity index (χ0) is 24.3. The number of carbonyl (C=O) groups is 2. The Bertz CT molecular complexity index is 823. The van der Waals surface area contributed by atoms with Gasteiger partial charge in [0.2, 0.25) is 5.91 Å². The Labute approximate surface area is 192 Å². The summed E-state index contributed by atoms with van der Waals surface area (Å²) in [7, 11) is 3.37. The second-order valence-electron chi connectivity index (χ2n) is 8.66. The number of aromatic nitrogens is 2. The summed E-state index contributed by atoms with van der Waals surface area (Å²) in [4.78, 5) is 34.2. The lowest BCUT2D eigenvalue weighted by atomic mass is 9.86. The lowest BCUT2D eigenvalue weighted by molar-refractivity contribution is -0.123. The molecule has 0 saturated heterocycles. The number of anilines is 1. The minimum atomic E-state index is -0.591. The van der Waals surface area contributed by atoms with Gasteiger partial charge in [0.15, 0.2) is 0 Å². The highest BCUT2D eigenvalue weighted by molar-refractivity contribution is 5.82. The van der Waals surface area contributed by atoms with Gasteiger partial charge in [0, 0.05) is 32.3 Å². The molecule has 178 valence electrons. The summed E-state index contributed by atoms with van der Waals surface area (Å²) in [5.41, 5.74) is 0.181. The molecule has 0 spiro atoms. The van der Waals surface area contributed by atoms with Gasteiger partial charge in [-0.3, -0.25) is 4.79 Å². The molecule has 1 aliphatic rings. The van der Waals surface area contributed by atoms with E-state index in [1.807, 2.05) is 27.8 Å². The summed E-state index contributed by atoms with van der Waals surface area (Å²) >= 11 is 0. The van der Waals surface area contributed by atoms with Gasteiger partial charge in [-0.1, -0.05) is 32.1 Å². The van der Waals surface area contributed by atoms with Crippen LogP contribution < -0.4 is 10.6 Å². The maximum absolute atomic E-state index is 12.4. The van der Waals surface area contributed by atoms with Crippen molar-refractivity contribution < 1.29 is 14.3 Å². The number of nitrogens with one attached hydrogen (secondary N) is 2. The van der Waals surface area contributed by atoms with Gasteiger partial charge in [-0.05, 0) is 47.0 Å². The number of carbonyl (C=O) groups excluding carboxylic acids is 2. The van der Waals surface area contributed by atoms with Crippen LogP contribution in [0.2, 0.25) is 0 Å². The lowest BCUT2D eigenvalue weighted by Crippen LogP contribution is -2.45. The SMILES string of the molecule is CC.CNc1nc(C)ncc1C#C[C@@H]1CCC[C@H](NC(=O)CN(C)C(=O)OC(C)(C)C)C1. The molecule has 2 atom stereocenters. The van der Waals surface area contributed by atoms with E-state index >= 15 is 0 Å². The summed E-state index contributed by atoms with van der Waals surface area (Å²) in [5.74, 6) is 7.92. The molecule has 1 aromatic rings. The topological polar surface area (TPSA) is 96.5 Å². The molecule has 1 saturated carbocycles. The number of nitrogens with zero attached hydrogens (tertiary/aromatic N) is 3. The first-order chi connectivity index (χ1) is 15.1. The highest BCUT2D eigenvalue weighted by Crippen LogP contribution is 2.24. The van der Waals surface area contributed by atoms with E-state index in [9.17, 15) is 9.59 Å². The minimum Gasteiger partial charge on any atom is -0.444 e. The summed E-state index contributed by atoms with van der Waals surface area (Å²) in [5, 5.41) is 6.08. The Morgan fingerprint density at radius 2 is 1.97 bits per heavy atom. The number of aryl methyl sites for hydroxylation is 1. The Morgan fingerprint density at radius 3 is 2.59 bits per heavy atom. The molecule has 0 bridgehead atoms. The molecule has 2 rings (SSSR count). The van der Waals surface area contributed by atoms with Crippen LogP contribution in [0.5, 0.6) is 0 Å². The van der Waals surface area contributed by atoms with Crippen molar-refractivity contribution in [3.63, 3.8) is 0 Å². The maximum atomic E-state index is 12.4. The molecule has 1 aliphatic carbocycles. The van der Waals surface area contributed by atoms with Crippen LogP contribution in [0.15, 0.2) is 6.20 Å². The number of rotatable bonds is 4. The normalized spacial score (nSPS) is 17.6. The van der Waals surface area contributed by atoms with Crippen molar-refractivity contribution >= 4 is 17.8 Å². The average molecular weight is 446 g/mol. The molecule has 1 heterocycles. The summed E-state index contributed by atoms with van der Waals surface area (Å²) in [6.45, 7) is 11.2. The van der Waals surface area contributed by atoms with Gasteiger partial charge in [0.05, 0.1) is 5.56 Å². The number of ether oxygens (including phenoxy) is 1. The van der Waals surface area contributed by atoms with E-state index in [0.717, 1.165) is 37.1 Å². The zero-order valence-electron chi connectivity index (χ0n) is 20.8. The first-order valence-electron chi connectivity index (χ1n) is 11.3. The third-order valence-corrected chi connectivity index (χ3v) is 4.68. The first-order valence-corrected chi connectivity index (χ1v) is 11.3. The zero-order valence-corrected chi connectivity index (χ0v) is 20.8. The van der Waals surface area contributed by atoms with Crippen molar-refractivity contribution in [2.75, 3.05) is 26.0 Å². The van der Waals surface area contributed by atoms with E-state index in [-0.39, 0.29) is 24.4 Å². The number of hydrogen-bond donors (Lipinski definition) is 2. The summed E-state index contributed by atoms with van der Waals surface area (Å²) < 4.78 is 5.28. The van der Waals surface area contributed by atoms with Gasteiger partial charge >= 0.3 is 6.09 Å². The quantitative estimate of drug-likeness (QED) is 0.685. The van der Waals surface area contributed by atoms with Gasteiger partial charge in [0.1, 0.15) is 23.8 Å². The van der Waals surface area contributed by atoms with Crippen molar-refractivity contribution in [2.24, 2.45) is 5.92 Å². The van der Waals surface area contributed by atoms with Crippen molar-refractivity contribution in [3.05, 3.63) is 17.6 Å². The standard InChI is InChI=1S/C22H33N5O3.C2H6/c1-15-24-13-17(20(23-5)25-15)11-10-16-8-7-9-18(12-16)26-19(28)14-27(6)21(29)30-22(2,3)4;1-2/h13,16,18H,7-9,12,14H2,1-6H3,(H,26,28)(H,23,24,25);1-2H3/t16-,18-;/m0./s1. The van der Waals surface area contributed by atoms with Crippen LogP contribution in [0.3, 0.4) is 0 Å². The van der Waals surface area contributed by atoms with Crippen LogP contribution in [-0.2, 0) is 9.53 Å². The smallest absolute Gasteiger partial charge is 0.410 e. The molecule has 1 fully saturated rings. The largest absolute Gasteiger partial charge is 0.444 e. The molecule has 1 aromatic heterocycles. The molecule has 0 aliphatic heterocycles. The predicted octanol–water partition coefficient (Wildman–Crippen LogP) is 3.75. The van der Waals surface area contributed by atoms with E-state index in [2.05, 4.69) is 32.4 Å². The monoisotopic (exact) mass is 445 g/mol. The van der Waals surface area contributed by atoms with Crippen molar-refractivity contribution in [1.29, 1.82) is 0 Å². The Hall–Kier alpha value is -2.82. The van der Waals surface area contributed by atoms with Gasteiger partial charge in [-0.15, -0.1) is 0 Å². The van der Waals surface area contributed by atoms with E-state index in [1.54, 1.807) is 34.0 Å². The molecule has 32 heavy (non-hydrogen) atoms. The van der Waals surface area contributed by atoms with E-state index in [1.165, 1.54) is 4.90 Å². The lowest BCUT2D eigenvalue weighted by Gasteiger charge is -2.28. The molecule has 8 heteroatoms. The number of likely N-dealkylation sites (N-methyl/N-ethyl adjacent to an activating group) is 1. The van der Waals surface area contributed by atoms with Crippen molar-refractivity contribution in [3.8, 4) is 11.8 Å². The predicted molar refractivity (Wildman–Crippen MR) is 127 cm³/mol. The Balaban J connectivity index is 0.00000249. The summed E-state index contributed by atoms with van der Waals surface area (Å²) in [6.07, 6.45) is 4.92. The third-order valence-electron chi connectivity index (χ3n) is 4.68. The summed E-state index contributed by atoms with van der Waals surface area (Å²) in [6, 6.07) is 0.0515. The van der Waals surface area contributed by atoms with Gasteiger partial charge in [-0.25, -0.2) is 14.8 Å². The van der Waals surface area contributed by atoms with Crippen molar-refractivity contribution in [2.45, 2.75) is 78.9 Å². The van der Waals surface area contributed by atoms with Crippen LogP contribution in [0.4, 0.5) is 10.6 Å². The van der Waals surface area contributed by atoms with Crippen LogP contribution in [0.1, 0.15) is 71.7 Å². The fraction of sp³-hybridized carbons (Fsp3) is 0.667. The van der Waals surface area contributed by atoms with E-state index in [0.29, 0.717) is 5.82 Å². The highest BCUT2D eigenvalue weighted by atomic mass is 16.6. The average Bonchev–Trinajstić information content (AvgIpc) is 2.73. The van der Waals surface area contributed by atoms with Crippen LogP contribution >= 0.6 is 0 Å². The second-order valence-corrected chi connectivity index (χ2v) is 8.66. The molecule has 2 amide bonds. The van der Waals surface area contributed by atoms with Crippen molar-refractivity contribution in [1.82, 2.24) is 20.2 Å². The van der Waals surface area contributed by atoms with Gasteiger partial charge in [-0.2, -0.15) is 0 Å². The van der Waals surface area contributed by atoms with E-state index < -0.39 is 11.7 Å². The molecule has 0 unspecified atom stereocenters. The Morgan fingerprint density at radius 1 is 1.28 bits per heavy atom. The van der Waals surface area contributed by atoms with Crippen LogP contribution in [0.25, 0.3) is 0 Å². The Kier molecular flexibility index (Phi) is 11.0. The molecule has 0 aromatic carbocycles. The van der Waals surface area contributed by atoms with Gasteiger partial charge in [0.25, 0.3) is 0 Å². The maximum Gasteiger partial charge on any atom is 0.410 e. The minimum absolute atomic E-state index is 0.0337. The third kappa shape index (κ3) is 9.54. The van der Waals surface area contributed by atoms with Crippen LogP contribution in [-0.4, -0.2) is 59.2 Å². The van der Waals surface area contributed by atoms with E-state index in [4.69, 9.17) is 4.74 Å². The molecule has 0 radical (unpaired) electrons. The number of amides is 2. The molecule has 8 nitrogen and oxygen atoms in total. The highest BCUT2D eigenvalue weighted by Gasteiger charge is 2.25. The number of hydrogen-bond acceptors (Lipinski definition) is 6. The first kappa shape index (κ1) is 27.2. The fourth-order valence-corrected chi connectivity index (χ4v) is 3.28. The fourth-order valence-electron chi connectivity index (χ4n) is 3.28. The molecular weight excluding hydrogens is 406 g/mol. The molecular formula is C24H39N5O3. The second kappa shape index (κ2) is 12.9. The molecule has 2 N–H and O–H groups in total. The van der Waals surface area contributed by atoms with Gasteiger partial charge < -0.3 is 20.3 Å². The van der Waals surface area contributed by atoms with Crippen LogP contribution in [0, 0.1) is 24.7 Å².